The van der Waals surface area contributed by atoms with Crippen LogP contribution in [0.2, 0.25) is 0 Å². The summed E-state index contributed by atoms with van der Waals surface area (Å²) in [7, 11) is 0. The van der Waals surface area contributed by atoms with Gasteiger partial charge in [0.25, 0.3) is 11.5 Å². The molecule has 1 saturated heterocycles. The number of rotatable bonds is 7. The number of aromatic amines is 1. The first kappa shape index (κ1) is 22.6. The van der Waals surface area contributed by atoms with Crippen LogP contribution >= 0.6 is 0 Å². The molecule has 0 bridgehead atoms. The van der Waals surface area contributed by atoms with Gasteiger partial charge in [-0.15, -0.1) is 0 Å². The normalized spacial score (nSPS) is 15.6. The van der Waals surface area contributed by atoms with Gasteiger partial charge in [-0.05, 0) is 29.7 Å². The van der Waals surface area contributed by atoms with Gasteiger partial charge in [0.05, 0.1) is 28.8 Å². The Bertz CT molecular complexity index is 1280. The highest BCUT2D eigenvalue weighted by atomic mass is 19.1. The second-order valence-electron chi connectivity index (χ2n) is 8.60. The van der Waals surface area contributed by atoms with E-state index in [0.29, 0.717) is 30.6 Å². The van der Waals surface area contributed by atoms with Gasteiger partial charge in [-0.3, -0.25) is 14.9 Å². The standard InChI is InChI=1S/C25H26FN5O2/c1-3-15(2)23(12-27)28-17-13-31(14-17)25(33)20-10-16(8-9-21(20)26)11-22-18-6-4-5-7-19(18)24(32)30-29-22/h4-10,15,17,23,28H,3,11,13-14H2,1-2H3,(H,30,32). The van der Waals surface area contributed by atoms with Crippen molar-refractivity contribution in [1.82, 2.24) is 20.4 Å². The number of nitriles is 1. The second kappa shape index (κ2) is 9.51. The molecule has 0 saturated carbocycles. The monoisotopic (exact) mass is 447 g/mol. The number of benzene rings is 2. The van der Waals surface area contributed by atoms with E-state index in [9.17, 15) is 19.2 Å². The Balaban J connectivity index is 1.48. The van der Waals surface area contributed by atoms with E-state index in [1.54, 1.807) is 29.2 Å². The maximum atomic E-state index is 14.5. The third kappa shape index (κ3) is 4.64. The summed E-state index contributed by atoms with van der Waals surface area (Å²) in [4.78, 5) is 26.5. The summed E-state index contributed by atoms with van der Waals surface area (Å²) < 4.78 is 14.5. The van der Waals surface area contributed by atoms with Gasteiger partial charge < -0.3 is 4.90 Å². The summed E-state index contributed by atoms with van der Waals surface area (Å²) in [6.07, 6.45) is 1.23. The highest BCUT2D eigenvalue weighted by Crippen LogP contribution is 2.21. The molecule has 3 aromatic rings. The summed E-state index contributed by atoms with van der Waals surface area (Å²) in [6, 6.07) is 13.7. The average Bonchev–Trinajstić information content (AvgIpc) is 2.80. The molecule has 1 aromatic heterocycles. The Labute approximate surface area is 191 Å². The van der Waals surface area contributed by atoms with Crippen LogP contribution in [0.5, 0.6) is 0 Å². The first-order valence-electron chi connectivity index (χ1n) is 11.1. The van der Waals surface area contributed by atoms with Gasteiger partial charge in [-0.1, -0.05) is 44.5 Å². The van der Waals surface area contributed by atoms with Crippen molar-refractivity contribution in [1.29, 1.82) is 5.26 Å². The van der Waals surface area contributed by atoms with E-state index in [1.807, 2.05) is 26.0 Å². The topological polar surface area (TPSA) is 102 Å². The van der Waals surface area contributed by atoms with E-state index in [1.165, 1.54) is 6.07 Å². The summed E-state index contributed by atoms with van der Waals surface area (Å²) in [6.45, 7) is 4.92. The minimum absolute atomic E-state index is 0.0124. The Morgan fingerprint density at radius 1 is 1.30 bits per heavy atom. The summed E-state index contributed by atoms with van der Waals surface area (Å²) >= 11 is 0. The SMILES string of the molecule is CCC(C)C(C#N)NC1CN(C(=O)c2cc(Cc3n[nH]c(=O)c4ccccc34)ccc2F)C1. The van der Waals surface area contributed by atoms with Gasteiger partial charge >= 0.3 is 0 Å². The van der Waals surface area contributed by atoms with E-state index in [-0.39, 0.29) is 35.0 Å². The van der Waals surface area contributed by atoms with E-state index in [0.717, 1.165) is 17.4 Å². The van der Waals surface area contributed by atoms with Crippen molar-refractivity contribution in [3.8, 4) is 6.07 Å². The van der Waals surface area contributed by atoms with E-state index >= 15 is 0 Å². The number of hydrogen-bond donors (Lipinski definition) is 2. The summed E-state index contributed by atoms with van der Waals surface area (Å²) in [5.74, 6) is -0.732. The third-order valence-corrected chi connectivity index (χ3v) is 6.34. The summed E-state index contributed by atoms with van der Waals surface area (Å²) in [5, 5.41) is 20.6. The van der Waals surface area contributed by atoms with Gasteiger partial charge in [-0.25, -0.2) is 9.49 Å². The molecule has 0 spiro atoms. The van der Waals surface area contributed by atoms with Crippen LogP contribution < -0.4 is 10.9 Å². The first-order valence-corrected chi connectivity index (χ1v) is 11.1. The van der Waals surface area contributed by atoms with Crippen LogP contribution in [0.25, 0.3) is 10.8 Å². The maximum Gasteiger partial charge on any atom is 0.272 e. The smallest absolute Gasteiger partial charge is 0.272 e. The third-order valence-electron chi connectivity index (χ3n) is 6.34. The number of nitrogens with zero attached hydrogens (tertiary/aromatic N) is 3. The number of aromatic nitrogens is 2. The Hall–Kier alpha value is -3.57. The Morgan fingerprint density at radius 3 is 2.73 bits per heavy atom. The molecule has 2 N–H and O–H groups in total. The Kier molecular flexibility index (Phi) is 6.52. The number of amides is 1. The zero-order chi connectivity index (χ0) is 23.5. The van der Waals surface area contributed by atoms with E-state index < -0.39 is 5.82 Å². The fourth-order valence-corrected chi connectivity index (χ4v) is 4.08. The zero-order valence-corrected chi connectivity index (χ0v) is 18.6. The number of fused-ring (bicyclic) bond motifs is 1. The maximum absolute atomic E-state index is 14.5. The minimum Gasteiger partial charge on any atom is -0.335 e. The van der Waals surface area contributed by atoms with Crippen LogP contribution in [0.15, 0.2) is 47.3 Å². The van der Waals surface area contributed by atoms with Crippen molar-refractivity contribution in [2.75, 3.05) is 13.1 Å². The van der Waals surface area contributed by atoms with E-state index in [4.69, 9.17) is 0 Å². The lowest BCUT2D eigenvalue weighted by molar-refractivity contribution is 0.0547. The fraction of sp³-hybridized carbons (Fsp3) is 0.360. The molecule has 0 radical (unpaired) electrons. The molecular weight excluding hydrogens is 421 g/mol. The van der Waals surface area contributed by atoms with Crippen LogP contribution in [0.3, 0.4) is 0 Å². The quantitative estimate of drug-likeness (QED) is 0.580. The van der Waals surface area contributed by atoms with Crippen molar-refractivity contribution < 1.29 is 9.18 Å². The zero-order valence-electron chi connectivity index (χ0n) is 18.6. The molecule has 2 atom stereocenters. The van der Waals surface area contributed by atoms with Gasteiger partial charge in [0.1, 0.15) is 5.82 Å². The van der Waals surface area contributed by atoms with Crippen molar-refractivity contribution >= 4 is 16.7 Å². The van der Waals surface area contributed by atoms with E-state index in [2.05, 4.69) is 21.6 Å². The molecule has 1 amide bonds. The highest BCUT2D eigenvalue weighted by Gasteiger charge is 2.34. The van der Waals surface area contributed by atoms with Gasteiger partial charge in [0.15, 0.2) is 0 Å². The van der Waals surface area contributed by atoms with Crippen LogP contribution in [0, 0.1) is 23.1 Å². The number of nitrogens with one attached hydrogen (secondary N) is 2. The van der Waals surface area contributed by atoms with Gasteiger partial charge in [0, 0.05) is 30.9 Å². The van der Waals surface area contributed by atoms with Crippen LogP contribution in [-0.4, -0.2) is 46.2 Å². The molecule has 33 heavy (non-hydrogen) atoms. The van der Waals surface area contributed by atoms with Crippen LogP contribution in [0.4, 0.5) is 4.39 Å². The number of hydrogen-bond acceptors (Lipinski definition) is 5. The molecular formula is C25H26FN5O2. The van der Waals surface area contributed by atoms with Crippen molar-refractivity contribution in [2.24, 2.45) is 5.92 Å². The molecule has 170 valence electrons. The highest BCUT2D eigenvalue weighted by molar-refractivity contribution is 5.95. The summed E-state index contributed by atoms with van der Waals surface area (Å²) in [5.41, 5.74) is 1.12. The lowest BCUT2D eigenvalue weighted by Crippen LogP contribution is -2.62. The molecule has 4 rings (SSSR count). The van der Waals surface area contributed by atoms with Gasteiger partial charge in [0.2, 0.25) is 0 Å². The van der Waals surface area contributed by atoms with Crippen molar-refractivity contribution in [3.63, 3.8) is 0 Å². The number of carbonyl (C=O) groups is 1. The fourth-order valence-electron chi connectivity index (χ4n) is 4.08. The molecule has 2 unspecified atom stereocenters. The predicted octanol–water partition coefficient (Wildman–Crippen LogP) is 3.01. The molecule has 0 aliphatic carbocycles. The number of carbonyl (C=O) groups excluding carboxylic acids is 1. The van der Waals surface area contributed by atoms with Crippen LogP contribution in [0.1, 0.15) is 41.9 Å². The van der Waals surface area contributed by atoms with Crippen molar-refractivity contribution in [2.45, 2.75) is 38.8 Å². The van der Waals surface area contributed by atoms with Gasteiger partial charge in [-0.2, -0.15) is 10.4 Å². The first-order chi connectivity index (χ1) is 15.9. The molecule has 1 fully saturated rings. The molecule has 2 heterocycles. The lowest BCUT2D eigenvalue weighted by atomic mass is 9.97. The lowest BCUT2D eigenvalue weighted by Gasteiger charge is -2.41. The van der Waals surface area contributed by atoms with Crippen LogP contribution in [-0.2, 0) is 6.42 Å². The molecule has 1 aliphatic rings. The molecule has 1 aliphatic heterocycles. The van der Waals surface area contributed by atoms with Crippen molar-refractivity contribution in [3.05, 3.63) is 75.5 Å². The Morgan fingerprint density at radius 2 is 2.03 bits per heavy atom. The number of likely N-dealkylation sites (tertiary alicyclic amines) is 1. The molecule has 8 heteroatoms. The number of H-pyrrole nitrogens is 1. The molecule has 2 aromatic carbocycles. The molecule has 7 nitrogen and oxygen atoms in total. The predicted molar refractivity (Wildman–Crippen MR) is 123 cm³/mol. The number of halogens is 1. The minimum atomic E-state index is -0.575. The largest absolute Gasteiger partial charge is 0.335 e. The second-order valence-corrected chi connectivity index (χ2v) is 8.60. The average molecular weight is 448 g/mol.